The van der Waals surface area contributed by atoms with Crippen molar-refractivity contribution < 1.29 is 23.8 Å². The van der Waals surface area contributed by atoms with Gasteiger partial charge in [-0.15, -0.1) is 0 Å². The van der Waals surface area contributed by atoms with Crippen molar-refractivity contribution in [2.24, 2.45) is 0 Å². The smallest absolute Gasteiger partial charge is 0.307 e. The first-order valence-electron chi connectivity index (χ1n) is 10.4. The van der Waals surface area contributed by atoms with Gasteiger partial charge in [0.05, 0.1) is 6.42 Å². The van der Waals surface area contributed by atoms with Crippen LogP contribution in [-0.2, 0) is 24.4 Å². The van der Waals surface area contributed by atoms with E-state index in [4.69, 9.17) is 14.6 Å². The molecule has 3 aromatic carbocycles. The number of hydrogen-bond acceptors (Lipinski definition) is 4. The molecule has 0 bridgehead atoms. The number of benzene rings is 3. The molecule has 1 heterocycles. The second-order valence-corrected chi connectivity index (χ2v) is 7.44. The molecule has 1 aromatic heterocycles. The fraction of sp³-hybridized carbons (Fsp3) is 0.111. The maximum absolute atomic E-state index is 14.7. The average molecular weight is 443 g/mol. The van der Waals surface area contributed by atoms with Crippen LogP contribution >= 0.6 is 0 Å². The lowest BCUT2D eigenvalue weighted by Crippen LogP contribution is -2.04. The Bertz CT molecular complexity index is 1230. The van der Waals surface area contributed by atoms with E-state index in [-0.39, 0.29) is 24.5 Å². The predicted molar refractivity (Wildman–Crippen MR) is 123 cm³/mol. The number of carboxylic acid groups (broad SMARTS) is 1. The lowest BCUT2D eigenvalue weighted by Gasteiger charge is -2.14. The highest BCUT2D eigenvalue weighted by Gasteiger charge is 2.16. The van der Waals surface area contributed by atoms with E-state index in [1.807, 2.05) is 60.7 Å². The summed E-state index contributed by atoms with van der Waals surface area (Å²) in [6.45, 7) is 0.563. The van der Waals surface area contributed by atoms with Crippen molar-refractivity contribution in [1.29, 1.82) is 0 Å². The Morgan fingerprint density at radius 3 is 2.03 bits per heavy atom. The Labute approximate surface area is 191 Å². The maximum atomic E-state index is 14.7. The molecule has 0 amide bonds. The minimum atomic E-state index is -0.990. The van der Waals surface area contributed by atoms with E-state index in [1.54, 1.807) is 12.1 Å². The first-order chi connectivity index (χ1) is 16.1. The van der Waals surface area contributed by atoms with Gasteiger partial charge in [-0.25, -0.2) is 4.39 Å². The van der Waals surface area contributed by atoms with Crippen LogP contribution in [0.15, 0.2) is 91.0 Å². The van der Waals surface area contributed by atoms with Gasteiger partial charge in [0.1, 0.15) is 19.0 Å². The Kier molecular flexibility index (Phi) is 6.95. The minimum absolute atomic E-state index is 0.204. The second-order valence-electron chi connectivity index (χ2n) is 7.44. The Morgan fingerprint density at radius 2 is 1.39 bits per heavy atom. The van der Waals surface area contributed by atoms with E-state index in [2.05, 4.69) is 4.98 Å². The molecule has 5 nitrogen and oxygen atoms in total. The zero-order valence-electron chi connectivity index (χ0n) is 17.8. The highest BCUT2D eigenvalue weighted by molar-refractivity contribution is 5.74. The van der Waals surface area contributed by atoms with Crippen LogP contribution in [0.25, 0.3) is 11.1 Å². The molecule has 0 aliphatic carbocycles. The molecule has 0 fully saturated rings. The summed E-state index contributed by atoms with van der Waals surface area (Å²) in [6, 6.07) is 26.8. The molecule has 0 aliphatic heterocycles. The normalized spacial score (nSPS) is 10.6. The summed E-state index contributed by atoms with van der Waals surface area (Å²) in [7, 11) is 0. The third-order valence-corrected chi connectivity index (χ3v) is 4.96. The van der Waals surface area contributed by atoms with Gasteiger partial charge >= 0.3 is 5.97 Å². The van der Waals surface area contributed by atoms with Crippen LogP contribution in [0.2, 0.25) is 0 Å². The highest BCUT2D eigenvalue weighted by atomic mass is 19.1. The van der Waals surface area contributed by atoms with E-state index in [9.17, 15) is 9.18 Å². The van der Waals surface area contributed by atoms with Crippen LogP contribution < -0.4 is 9.47 Å². The Hall–Kier alpha value is -4.19. The molecule has 0 saturated heterocycles. The van der Waals surface area contributed by atoms with Crippen LogP contribution in [0.1, 0.15) is 16.7 Å². The number of ether oxygens (including phenoxy) is 2. The van der Waals surface area contributed by atoms with Gasteiger partial charge in [0.15, 0.2) is 0 Å². The topological polar surface area (TPSA) is 68.7 Å². The van der Waals surface area contributed by atoms with Gasteiger partial charge < -0.3 is 14.6 Å². The van der Waals surface area contributed by atoms with Crippen molar-refractivity contribution in [3.8, 4) is 22.9 Å². The number of rotatable bonds is 9. The summed E-state index contributed by atoms with van der Waals surface area (Å²) >= 11 is 0. The molecule has 0 saturated carbocycles. The van der Waals surface area contributed by atoms with E-state index < -0.39 is 11.8 Å². The number of aromatic nitrogens is 1. The lowest BCUT2D eigenvalue weighted by molar-refractivity contribution is -0.136. The molecule has 0 spiro atoms. The monoisotopic (exact) mass is 443 g/mol. The Balaban J connectivity index is 1.65. The quantitative estimate of drug-likeness (QED) is 0.361. The Morgan fingerprint density at radius 1 is 0.758 bits per heavy atom. The summed E-state index contributed by atoms with van der Waals surface area (Å²) < 4.78 is 26.5. The summed E-state index contributed by atoms with van der Waals surface area (Å²) in [5.74, 6) is -0.937. The van der Waals surface area contributed by atoms with Crippen LogP contribution in [0.5, 0.6) is 11.8 Å². The molecule has 33 heavy (non-hydrogen) atoms. The van der Waals surface area contributed by atoms with Gasteiger partial charge in [0.2, 0.25) is 11.8 Å². The molecular formula is C27H22FNO4. The van der Waals surface area contributed by atoms with Gasteiger partial charge in [-0.1, -0.05) is 66.7 Å². The molecule has 0 atom stereocenters. The predicted octanol–water partition coefficient (Wildman–Crippen LogP) is 5.67. The molecule has 166 valence electrons. The summed E-state index contributed by atoms with van der Waals surface area (Å²) in [4.78, 5) is 15.6. The number of nitrogens with zero attached hydrogens (tertiary/aromatic N) is 1. The third-order valence-electron chi connectivity index (χ3n) is 4.96. The van der Waals surface area contributed by atoms with Crippen molar-refractivity contribution in [1.82, 2.24) is 4.98 Å². The zero-order chi connectivity index (χ0) is 23.0. The van der Waals surface area contributed by atoms with Crippen molar-refractivity contribution in [3.63, 3.8) is 0 Å². The van der Waals surface area contributed by atoms with Gasteiger partial charge in [0, 0.05) is 17.2 Å². The van der Waals surface area contributed by atoms with Crippen molar-refractivity contribution in [3.05, 3.63) is 114 Å². The maximum Gasteiger partial charge on any atom is 0.307 e. The van der Waals surface area contributed by atoms with Crippen molar-refractivity contribution >= 4 is 5.97 Å². The number of pyridine rings is 1. The number of hydrogen-bond donors (Lipinski definition) is 1. The average Bonchev–Trinajstić information content (AvgIpc) is 2.84. The molecule has 4 aromatic rings. The van der Waals surface area contributed by atoms with Crippen LogP contribution in [0, 0.1) is 5.82 Å². The molecule has 6 heteroatoms. The molecular weight excluding hydrogens is 421 g/mol. The first kappa shape index (κ1) is 22.0. The molecule has 4 rings (SSSR count). The first-order valence-corrected chi connectivity index (χ1v) is 10.4. The largest absolute Gasteiger partial charge is 0.481 e. The van der Waals surface area contributed by atoms with E-state index in [0.29, 0.717) is 23.6 Å². The minimum Gasteiger partial charge on any atom is -0.481 e. The van der Waals surface area contributed by atoms with Crippen LogP contribution in [0.4, 0.5) is 4.39 Å². The van der Waals surface area contributed by atoms with Crippen molar-refractivity contribution in [2.45, 2.75) is 19.6 Å². The molecule has 0 unspecified atom stereocenters. The second kappa shape index (κ2) is 10.4. The van der Waals surface area contributed by atoms with Gasteiger partial charge in [-0.3, -0.25) is 4.79 Å². The van der Waals surface area contributed by atoms with Gasteiger partial charge in [-0.2, -0.15) is 4.98 Å². The number of carbonyl (C=O) groups is 1. The number of carboxylic acids is 1. The number of aliphatic carboxylic acids is 1. The number of halogens is 1. The third kappa shape index (κ3) is 5.95. The summed E-state index contributed by atoms with van der Waals surface area (Å²) in [5, 5.41) is 9.10. The van der Waals surface area contributed by atoms with E-state index >= 15 is 0 Å². The fourth-order valence-electron chi connectivity index (χ4n) is 3.34. The van der Waals surface area contributed by atoms with Gasteiger partial charge in [-0.05, 0) is 34.9 Å². The summed E-state index contributed by atoms with van der Waals surface area (Å²) in [6.07, 6.45) is -0.209. The van der Waals surface area contributed by atoms with E-state index in [0.717, 1.165) is 11.1 Å². The SMILES string of the molecule is O=C(O)Cc1ccc(F)c(-c2ccc(OCc3ccccc3)nc2OCc2ccccc2)c1. The lowest BCUT2D eigenvalue weighted by atomic mass is 10.0. The van der Waals surface area contributed by atoms with Gasteiger partial charge in [0.25, 0.3) is 0 Å². The standard InChI is InChI=1S/C27H22FNO4/c28-24-13-11-21(16-26(30)31)15-23(24)22-12-14-25(32-17-19-7-3-1-4-8-19)29-27(22)33-18-20-9-5-2-6-10-20/h1-15H,16-18H2,(H,30,31). The summed E-state index contributed by atoms with van der Waals surface area (Å²) in [5.41, 5.74) is 3.04. The zero-order valence-corrected chi connectivity index (χ0v) is 17.8. The van der Waals surface area contributed by atoms with Crippen LogP contribution in [-0.4, -0.2) is 16.1 Å². The molecule has 0 aliphatic rings. The molecule has 1 N–H and O–H groups in total. The highest BCUT2D eigenvalue weighted by Crippen LogP contribution is 2.34. The van der Waals surface area contributed by atoms with Crippen molar-refractivity contribution in [2.75, 3.05) is 0 Å². The molecule has 0 radical (unpaired) electrons. The van der Waals surface area contributed by atoms with Crippen LogP contribution in [0.3, 0.4) is 0 Å². The van der Waals surface area contributed by atoms with E-state index in [1.165, 1.54) is 18.2 Å². The fourth-order valence-corrected chi connectivity index (χ4v) is 3.34.